The molecule has 4 heterocycles. The molecule has 3 fully saturated rings. The first kappa shape index (κ1) is 46.7. The summed E-state index contributed by atoms with van der Waals surface area (Å²) in [5.41, 5.74) is 0.798. The van der Waals surface area contributed by atoms with E-state index in [0.29, 0.717) is 5.56 Å². The Bertz CT molecular complexity index is 2160. The summed E-state index contributed by atoms with van der Waals surface area (Å²) in [5, 5.41) is 136. The van der Waals surface area contributed by atoms with Gasteiger partial charge < -0.3 is 104 Å². The van der Waals surface area contributed by atoms with Gasteiger partial charge in [-0.3, -0.25) is 0 Å². The Hall–Kier alpha value is -5.31. The third kappa shape index (κ3) is 9.84. The highest BCUT2D eigenvalue weighted by Gasteiger charge is 2.50. The number of carbonyl (C=O) groups is 1. The maximum Gasteiger partial charge on any atom is 0.331 e. The van der Waals surface area contributed by atoms with Crippen LogP contribution in [0.4, 0.5) is 0 Å². The van der Waals surface area contributed by atoms with E-state index in [9.17, 15) is 71.2 Å². The molecule has 7 rings (SSSR count). The van der Waals surface area contributed by atoms with Crippen molar-refractivity contribution in [2.75, 3.05) is 13.2 Å². The summed E-state index contributed by atoms with van der Waals surface area (Å²) in [6.45, 7) is 0.0307. The van der Waals surface area contributed by atoms with E-state index in [1.807, 2.05) is 0 Å². The second-order valence-corrected chi connectivity index (χ2v) is 15.5. The topological polar surface area (TPSA) is 357 Å². The first-order valence-corrected chi connectivity index (χ1v) is 19.9. The Morgan fingerprint density at radius 1 is 0.688 bits per heavy atom. The zero-order chi connectivity index (χ0) is 46.1. The summed E-state index contributed by atoms with van der Waals surface area (Å²) < 4.78 is 44.7. The number of hydrogen-bond acceptors (Lipinski definition) is 21. The minimum absolute atomic E-state index is 0.0283. The summed E-state index contributed by atoms with van der Waals surface area (Å²) in [4.78, 5) is 12.6. The molecule has 16 atom stereocenters. The number of rotatable bonds is 12. The number of esters is 1. The number of phenols is 4. The molecule has 14 N–H and O–H groups in total. The minimum atomic E-state index is -1.95. The highest BCUT2D eigenvalue weighted by atomic mass is 16.7. The number of fused-ring (bicyclic) bond motifs is 1. The lowest BCUT2D eigenvalue weighted by molar-refractivity contribution is -0.325. The van der Waals surface area contributed by atoms with Gasteiger partial charge in [0.05, 0.1) is 30.9 Å². The number of aromatic hydroxyl groups is 5. The van der Waals surface area contributed by atoms with Gasteiger partial charge >= 0.3 is 5.97 Å². The average molecular weight is 906 g/mol. The zero-order valence-electron chi connectivity index (χ0n) is 33.6. The van der Waals surface area contributed by atoms with Crippen LogP contribution in [0.25, 0.3) is 12.2 Å². The van der Waals surface area contributed by atoms with Crippen LogP contribution in [0.2, 0.25) is 0 Å². The first-order valence-electron chi connectivity index (χ1n) is 19.9. The Morgan fingerprint density at radius 3 is 2.00 bits per heavy atom. The third-order valence-electron chi connectivity index (χ3n) is 11.0. The van der Waals surface area contributed by atoms with Gasteiger partial charge in [-0.25, -0.2) is 4.79 Å². The number of aliphatic hydroxyl groups excluding tert-OH is 9. The second kappa shape index (κ2) is 19.4. The number of ether oxygens (including phenoxy) is 8. The van der Waals surface area contributed by atoms with Crippen LogP contribution in [0, 0.1) is 0 Å². The molecule has 0 amide bonds. The molecule has 3 aromatic rings. The Balaban J connectivity index is 1.08. The van der Waals surface area contributed by atoms with Crippen molar-refractivity contribution in [2.45, 2.75) is 105 Å². The summed E-state index contributed by atoms with van der Waals surface area (Å²) in [6, 6.07) is 11.9. The Labute approximate surface area is 362 Å². The highest BCUT2D eigenvalue weighted by molar-refractivity contribution is 5.87. The average Bonchev–Trinajstić information content (AvgIpc) is 3.27. The maximum atomic E-state index is 12.6. The van der Waals surface area contributed by atoms with Crippen molar-refractivity contribution < 1.29 is 109 Å². The van der Waals surface area contributed by atoms with Crippen molar-refractivity contribution in [3.05, 3.63) is 83.1 Å². The van der Waals surface area contributed by atoms with Crippen LogP contribution in [-0.2, 0) is 33.2 Å². The van der Waals surface area contributed by atoms with Crippen molar-refractivity contribution in [3.8, 4) is 34.5 Å². The molecule has 0 bridgehead atoms. The van der Waals surface area contributed by atoms with E-state index in [4.69, 9.17) is 33.2 Å². The largest absolute Gasteiger partial charge is 0.571 e. The van der Waals surface area contributed by atoms with Gasteiger partial charge in [-0.1, -0.05) is 12.1 Å². The van der Waals surface area contributed by atoms with E-state index in [1.54, 1.807) is 12.1 Å². The molecular weight excluding hydrogens is 856 g/mol. The number of phenolic OH excluding ortho intramolecular Hbond substituents is 4. The molecule has 348 valence electrons. The van der Waals surface area contributed by atoms with Crippen LogP contribution in [0.5, 0.6) is 34.5 Å². The molecule has 3 aromatic carbocycles. The molecule has 4 aliphatic heterocycles. The Morgan fingerprint density at radius 2 is 1.33 bits per heavy atom. The van der Waals surface area contributed by atoms with Crippen LogP contribution in [0.3, 0.4) is 0 Å². The monoisotopic (exact) mass is 905 g/mol. The van der Waals surface area contributed by atoms with Crippen molar-refractivity contribution in [2.24, 2.45) is 0 Å². The van der Waals surface area contributed by atoms with Crippen LogP contribution in [0.1, 0.15) is 29.7 Å². The number of aliphatic hydroxyl groups is 10. The molecule has 16 unspecified atom stereocenters. The molecule has 0 saturated carbocycles. The van der Waals surface area contributed by atoms with Crippen molar-refractivity contribution in [1.29, 1.82) is 0 Å². The molecule has 22 nitrogen and oxygen atoms in total. The minimum Gasteiger partial charge on any atom is -0.571 e. The maximum absolute atomic E-state index is 12.6. The number of hydrogen-bond donors (Lipinski definition) is 13. The van der Waals surface area contributed by atoms with Gasteiger partial charge in [-0.2, -0.15) is 0 Å². The fourth-order valence-electron chi connectivity index (χ4n) is 7.41. The summed E-state index contributed by atoms with van der Waals surface area (Å²) in [5.74, 6) is -2.66. The van der Waals surface area contributed by atoms with Gasteiger partial charge in [0.15, 0.2) is 29.7 Å². The van der Waals surface area contributed by atoms with E-state index in [-0.39, 0.29) is 34.1 Å². The molecule has 22 heteroatoms. The molecule has 0 spiro atoms. The van der Waals surface area contributed by atoms with Crippen molar-refractivity contribution in [3.63, 3.8) is 0 Å². The van der Waals surface area contributed by atoms with Gasteiger partial charge in [0.25, 0.3) is 11.9 Å². The standard InChI is InChI=1S/C42H48O22/c1-16-38(64-29(48)9-4-17-2-6-19(44)7-3-17)34(53)37(56)40(58-16)57-15-28-31(50)33(52)36(55)42(63-28)61-26-13-21-24(59-39(26)18-5-8-22(46)23(47)10-18)11-20(45)12-25(21)60-41-35(54)32(51)30(49)27(14-43)62-41/h2-13,16,27-28,30-47,49-56H,14-15H2,1H3/p+1. The molecule has 0 radical (unpaired) electrons. The summed E-state index contributed by atoms with van der Waals surface area (Å²) in [7, 11) is 0. The fraction of sp³-hybridized carbons (Fsp3) is 0.452. The van der Waals surface area contributed by atoms with Crippen LogP contribution >= 0.6 is 0 Å². The van der Waals surface area contributed by atoms with Crippen molar-refractivity contribution >= 4 is 18.1 Å². The third-order valence-corrected chi connectivity index (χ3v) is 11.0. The van der Waals surface area contributed by atoms with E-state index >= 15 is 0 Å². The van der Waals surface area contributed by atoms with Gasteiger partial charge in [-0.05, 0) is 48.9 Å². The van der Waals surface area contributed by atoms with Crippen LogP contribution < -0.4 is 4.74 Å². The molecule has 4 aliphatic rings. The first-order chi connectivity index (χ1) is 30.4. The fourth-order valence-corrected chi connectivity index (χ4v) is 7.41. The molecule has 0 aliphatic carbocycles. The second-order valence-electron chi connectivity index (χ2n) is 15.5. The van der Waals surface area contributed by atoms with Crippen LogP contribution in [-0.4, -0.2) is 182 Å². The molecule has 3 saturated heterocycles. The predicted molar refractivity (Wildman–Crippen MR) is 212 cm³/mol. The Kier molecular flexibility index (Phi) is 14.2. The van der Waals surface area contributed by atoms with Crippen molar-refractivity contribution in [1.82, 2.24) is 0 Å². The SMILES string of the molecule is CC1OC(OCC2OC(OC3=Cc4c(OC5OC(CO)C(O)C(O)C5O)cc(O)cc4[OH+]C3c3ccc(O)c(O)c3)C(O)C(O)C2O)C(O)C(O)C1OC(=O)C=Cc1ccc(O)cc1. The molecular formula is C42H49O22+. The molecule has 64 heavy (non-hydrogen) atoms. The number of carbonyl (C=O) groups excluding carboxylic acids is 1. The lowest BCUT2D eigenvalue weighted by atomic mass is 9.98. The van der Waals surface area contributed by atoms with E-state index in [2.05, 4.69) is 4.74 Å². The van der Waals surface area contributed by atoms with E-state index < -0.39 is 135 Å². The van der Waals surface area contributed by atoms with Gasteiger partial charge in [0.2, 0.25) is 12.6 Å². The zero-order valence-corrected chi connectivity index (χ0v) is 33.6. The van der Waals surface area contributed by atoms with Crippen LogP contribution in [0.15, 0.2) is 66.4 Å². The van der Waals surface area contributed by atoms with Gasteiger partial charge in [0.1, 0.15) is 83.9 Å². The lowest BCUT2D eigenvalue weighted by Gasteiger charge is -2.43. The summed E-state index contributed by atoms with van der Waals surface area (Å²) in [6.07, 6.45) is -22.5. The molecule has 0 aromatic heterocycles. The normalized spacial score (nSPS) is 35.2. The van der Waals surface area contributed by atoms with Gasteiger partial charge in [0, 0.05) is 18.2 Å². The van der Waals surface area contributed by atoms with Gasteiger partial charge in [-0.15, -0.1) is 0 Å². The highest BCUT2D eigenvalue weighted by Crippen LogP contribution is 2.47. The van der Waals surface area contributed by atoms with E-state index in [0.717, 1.165) is 24.3 Å². The van der Waals surface area contributed by atoms with E-state index in [1.165, 1.54) is 43.3 Å². The lowest BCUT2D eigenvalue weighted by Crippen LogP contribution is -2.61. The predicted octanol–water partition coefficient (Wildman–Crippen LogP) is -2.04. The smallest absolute Gasteiger partial charge is 0.331 e. The number of benzene rings is 3. The summed E-state index contributed by atoms with van der Waals surface area (Å²) >= 11 is 0. The quantitative estimate of drug-likeness (QED) is 0.0403.